The lowest BCUT2D eigenvalue weighted by molar-refractivity contribution is -0.255. The van der Waals surface area contributed by atoms with Crippen LogP contribution in [0.4, 0.5) is 0 Å². The van der Waals surface area contributed by atoms with Crippen molar-refractivity contribution in [2.45, 2.75) is 10.1 Å². The molecule has 1 N–H and O–H groups in total. The third kappa shape index (κ3) is 3.61. The maximum Gasteiger partial charge on any atom is 0.171 e. The van der Waals surface area contributed by atoms with E-state index in [1.807, 2.05) is 60.7 Å². The normalized spacial score (nSPS) is 10.7. The number of aromatic amines is 1. The monoisotopic (exact) mass is 372 g/mol. The first-order valence-electron chi connectivity index (χ1n) is 8.26. The van der Waals surface area contributed by atoms with Crippen LogP contribution in [0, 0.1) is 0 Å². The van der Waals surface area contributed by atoms with E-state index in [1.165, 1.54) is 18.0 Å². The highest BCUT2D eigenvalue weighted by molar-refractivity contribution is 7.99. The molecule has 0 fully saturated rings. The van der Waals surface area contributed by atoms with Crippen LogP contribution in [-0.4, -0.2) is 20.9 Å². The number of H-pyrrole nitrogens is 1. The first-order chi connectivity index (χ1) is 13.2. The molecule has 0 saturated heterocycles. The first kappa shape index (κ1) is 17.1. The van der Waals surface area contributed by atoms with E-state index >= 15 is 0 Å². The van der Waals surface area contributed by atoms with Crippen LogP contribution in [0.1, 0.15) is 10.4 Å². The van der Waals surface area contributed by atoms with Crippen LogP contribution in [0.25, 0.3) is 22.5 Å². The van der Waals surface area contributed by atoms with Gasteiger partial charge >= 0.3 is 0 Å². The molecule has 4 aromatic rings. The molecule has 5 nitrogen and oxygen atoms in total. The number of rotatable bonds is 5. The molecule has 6 heteroatoms. The van der Waals surface area contributed by atoms with Gasteiger partial charge in [0, 0.05) is 34.0 Å². The number of benzene rings is 2. The molecule has 0 bridgehead atoms. The van der Waals surface area contributed by atoms with Crippen molar-refractivity contribution in [3.8, 4) is 22.5 Å². The minimum absolute atomic E-state index is 0.0430. The first-order valence-corrected chi connectivity index (χ1v) is 9.08. The Labute approximate surface area is 160 Å². The van der Waals surface area contributed by atoms with Crippen molar-refractivity contribution in [3.63, 3.8) is 0 Å². The zero-order valence-corrected chi connectivity index (χ0v) is 14.9. The number of nitrogens with zero attached hydrogens (tertiary/aromatic N) is 2. The van der Waals surface area contributed by atoms with E-state index in [4.69, 9.17) is 4.98 Å². The van der Waals surface area contributed by atoms with Gasteiger partial charge in [0.1, 0.15) is 0 Å². The third-order valence-electron chi connectivity index (χ3n) is 4.00. The van der Waals surface area contributed by atoms with Gasteiger partial charge in [-0.15, -0.1) is 0 Å². The summed E-state index contributed by atoms with van der Waals surface area (Å²) in [7, 11) is 0. The highest BCUT2D eigenvalue weighted by atomic mass is 32.2. The standard InChI is InChI=1S/C21H15N3O2S/c25-20(26)16-13-22-12-11-17(16)27-21-23-18(14-7-3-1-4-8-14)19(24-21)15-9-5-2-6-10-15/h1-13H,(H,23,24)(H,25,26)/p-1. The summed E-state index contributed by atoms with van der Waals surface area (Å²) in [5.74, 6) is -1.26. The van der Waals surface area contributed by atoms with Crippen molar-refractivity contribution in [2.75, 3.05) is 0 Å². The number of aromatic nitrogens is 3. The van der Waals surface area contributed by atoms with Crippen molar-refractivity contribution in [2.24, 2.45) is 0 Å². The maximum atomic E-state index is 11.3. The SMILES string of the molecule is O=C([O-])c1cnccc1Sc1nc(-c2ccccc2)c(-c2ccccc2)[nH]1. The van der Waals surface area contributed by atoms with Crippen LogP contribution in [-0.2, 0) is 0 Å². The van der Waals surface area contributed by atoms with Crippen molar-refractivity contribution in [3.05, 3.63) is 84.7 Å². The van der Waals surface area contributed by atoms with E-state index in [0.717, 1.165) is 22.5 Å². The topological polar surface area (TPSA) is 81.7 Å². The van der Waals surface area contributed by atoms with Crippen molar-refractivity contribution < 1.29 is 9.90 Å². The second kappa shape index (κ2) is 7.47. The largest absolute Gasteiger partial charge is 0.545 e. The van der Waals surface area contributed by atoms with Gasteiger partial charge in [-0.1, -0.05) is 72.4 Å². The number of hydrogen-bond donors (Lipinski definition) is 1. The summed E-state index contributed by atoms with van der Waals surface area (Å²) < 4.78 is 0. The van der Waals surface area contributed by atoms with Crippen LogP contribution in [0.3, 0.4) is 0 Å². The van der Waals surface area contributed by atoms with E-state index in [-0.39, 0.29) is 5.56 Å². The van der Waals surface area contributed by atoms with Gasteiger partial charge in [0.05, 0.1) is 17.4 Å². The molecule has 0 aliphatic rings. The molecule has 0 atom stereocenters. The molecule has 2 aromatic heterocycles. The van der Waals surface area contributed by atoms with Crippen LogP contribution in [0.15, 0.2) is 89.2 Å². The average molecular weight is 372 g/mol. The van der Waals surface area contributed by atoms with E-state index in [9.17, 15) is 9.90 Å². The predicted octanol–water partition coefficient (Wildman–Crippen LogP) is 3.65. The molecule has 0 aliphatic heterocycles. The Kier molecular flexibility index (Phi) is 4.72. The predicted molar refractivity (Wildman–Crippen MR) is 102 cm³/mol. The minimum atomic E-state index is -1.26. The van der Waals surface area contributed by atoms with Crippen LogP contribution in [0.5, 0.6) is 0 Å². The molecule has 2 heterocycles. The number of nitrogens with one attached hydrogen (secondary N) is 1. The molecule has 27 heavy (non-hydrogen) atoms. The van der Waals surface area contributed by atoms with Gasteiger partial charge in [-0.2, -0.15) is 0 Å². The van der Waals surface area contributed by atoms with Crippen molar-refractivity contribution >= 4 is 17.7 Å². The molecular weight excluding hydrogens is 358 g/mol. The fraction of sp³-hybridized carbons (Fsp3) is 0. The second-order valence-electron chi connectivity index (χ2n) is 5.76. The number of imidazole rings is 1. The van der Waals surface area contributed by atoms with Gasteiger partial charge in [-0.3, -0.25) is 4.98 Å². The Morgan fingerprint density at radius 3 is 2.26 bits per heavy atom. The number of carboxylic acid groups (broad SMARTS) is 1. The Hall–Kier alpha value is -3.38. The average Bonchev–Trinajstić information content (AvgIpc) is 3.13. The third-order valence-corrected chi connectivity index (χ3v) is 4.96. The van der Waals surface area contributed by atoms with Crippen molar-refractivity contribution in [1.29, 1.82) is 0 Å². The Morgan fingerprint density at radius 2 is 1.59 bits per heavy atom. The smallest absolute Gasteiger partial charge is 0.171 e. The summed E-state index contributed by atoms with van der Waals surface area (Å²) in [6, 6.07) is 21.4. The zero-order valence-electron chi connectivity index (χ0n) is 14.1. The van der Waals surface area contributed by atoms with Gasteiger partial charge in [0.25, 0.3) is 0 Å². The van der Waals surface area contributed by atoms with Gasteiger partial charge in [0.15, 0.2) is 5.16 Å². The molecular formula is C21H14N3O2S-. The Bertz CT molecular complexity index is 1020. The van der Waals surface area contributed by atoms with E-state index < -0.39 is 5.97 Å². The summed E-state index contributed by atoms with van der Waals surface area (Å²) in [5.41, 5.74) is 3.72. The molecule has 0 aliphatic carbocycles. The van der Waals surface area contributed by atoms with Gasteiger partial charge < -0.3 is 14.9 Å². The van der Waals surface area contributed by atoms with Crippen molar-refractivity contribution in [1.82, 2.24) is 15.0 Å². The van der Waals surface area contributed by atoms with Crippen LogP contribution >= 0.6 is 11.8 Å². The highest BCUT2D eigenvalue weighted by Crippen LogP contribution is 2.35. The Balaban J connectivity index is 1.80. The van der Waals surface area contributed by atoms with Gasteiger partial charge in [0.2, 0.25) is 0 Å². The molecule has 0 radical (unpaired) electrons. The van der Waals surface area contributed by atoms with E-state index in [1.54, 1.807) is 12.3 Å². The number of hydrogen-bond acceptors (Lipinski definition) is 5. The lowest BCUT2D eigenvalue weighted by atomic mass is 10.1. The summed E-state index contributed by atoms with van der Waals surface area (Å²) in [6.45, 7) is 0. The van der Waals surface area contributed by atoms with Gasteiger partial charge in [-0.25, -0.2) is 4.98 Å². The summed E-state index contributed by atoms with van der Waals surface area (Å²) in [5, 5.41) is 11.9. The molecule has 0 unspecified atom stereocenters. The lowest BCUT2D eigenvalue weighted by Crippen LogP contribution is -2.23. The molecule has 0 spiro atoms. The molecule has 0 amide bonds. The fourth-order valence-electron chi connectivity index (χ4n) is 2.75. The number of carbonyl (C=O) groups excluding carboxylic acids is 1. The van der Waals surface area contributed by atoms with Gasteiger partial charge in [-0.05, 0) is 6.07 Å². The minimum Gasteiger partial charge on any atom is -0.545 e. The fourth-order valence-corrected chi connectivity index (χ4v) is 3.62. The molecule has 4 rings (SSSR count). The van der Waals surface area contributed by atoms with Crippen LogP contribution < -0.4 is 5.11 Å². The summed E-state index contributed by atoms with van der Waals surface area (Å²) in [4.78, 5) is 23.8. The number of carboxylic acids is 1. The van der Waals surface area contributed by atoms with E-state index in [0.29, 0.717) is 10.1 Å². The number of carbonyl (C=O) groups is 1. The summed E-state index contributed by atoms with van der Waals surface area (Å²) >= 11 is 1.24. The maximum absolute atomic E-state index is 11.3. The highest BCUT2D eigenvalue weighted by Gasteiger charge is 2.16. The molecule has 132 valence electrons. The van der Waals surface area contributed by atoms with E-state index in [2.05, 4.69) is 9.97 Å². The zero-order chi connectivity index (χ0) is 18.6. The Morgan fingerprint density at radius 1 is 0.926 bits per heavy atom. The summed E-state index contributed by atoms with van der Waals surface area (Å²) in [6.07, 6.45) is 2.84. The number of aromatic carboxylic acids is 1. The molecule has 2 aromatic carbocycles. The number of pyridine rings is 1. The lowest BCUT2D eigenvalue weighted by Gasteiger charge is -2.07. The molecule has 0 saturated carbocycles. The quantitative estimate of drug-likeness (QED) is 0.578. The second-order valence-corrected chi connectivity index (χ2v) is 6.79. The van der Waals surface area contributed by atoms with Crippen LogP contribution in [0.2, 0.25) is 0 Å².